The number of carbonyl (C=O) groups is 2. The molecule has 9 nitrogen and oxygen atoms in total. The molecule has 0 saturated carbocycles. The molecule has 37 heavy (non-hydrogen) atoms. The van der Waals surface area contributed by atoms with E-state index in [-0.39, 0.29) is 42.9 Å². The molecule has 0 aliphatic rings. The van der Waals surface area contributed by atoms with Gasteiger partial charge >= 0.3 is 0 Å². The molecular weight excluding hydrogens is 492 g/mol. The standard InChI is InChI=1S/C27H40N4O5S/c1-21(2)15-16-31(37(35,36)23-13-9-6-10-14-23)19-25(32)24(17-22-11-7-5-8-12-22)29-26(33)18-28-27(34)20-30(3)4/h5-14,21,24-25,32H,15-20H2,1-4H3,(H,28,34)(H,29,33)/t24-,25+/m0/s1. The first kappa shape index (κ1) is 30.4. The van der Waals surface area contributed by atoms with Crippen molar-refractivity contribution in [2.75, 3.05) is 40.3 Å². The van der Waals surface area contributed by atoms with Crippen LogP contribution < -0.4 is 10.6 Å². The van der Waals surface area contributed by atoms with Crippen LogP contribution in [0.2, 0.25) is 0 Å². The zero-order chi connectivity index (χ0) is 27.4. The van der Waals surface area contributed by atoms with Crippen LogP contribution in [0.1, 0.15) is 25.8 Å². The molecule has 10 heteroatoms. The Labute approximate surface area is 220 Å². The van der Waals surface area contributed by atoms with Gasteiger partial charge in [0, 0.05) is 13.1 Å². The Bertz CT molecular complexity index is 1080. The first-order chi connectivity index (χ1) is 17.5. The predicted molar refractivity (Wildman–Crippen MR) is 144 cm³/mol. The van der Waals surface area contributed by atoms with Crippen molar-refractivity contribution in [2.24, 2.45) is 5.92 Å². The molecule has 0 bridgehead atoms. The lowest BCUT2D eigenvalue weighted by atomic mass is 10.0. The third-order valence-corrected chi connectivity index (χ3v) is 7.62. The lowest BCUT2D eigenvalue weighted by molar-refractivity contribution is -0.127. The summed E-state index contributed by atoms with van der Waals surface area (Å²) in [7, 11) is -0.360. The molecule has 2 rings (SSSR count). The van der Waals surface area contributed by atoms with Gasteiger partial charge in [-0.05, 0) is 50.6 Å². The molecule has 3 N–H and O–H groups in total. The van der Waals surface area contributed by atoms with Crippen LogP contribution in [0.4, 0.5) is 0 Å². The van der Waals surface area contributed by atoms with Crippen LogP contribution in [-0.2, 0) is 26.0 Å². The minimum atomic E-state index is -3.86. The molecule has 204 valence electrons. The zero-order valence-electron chi connectivity index (χ0n) is 22.1. The van der Waals surface area contributed by atoms with Crippen LogP contribution in [0, 0.1) is 5.92 Å². The number of carbonyl (C=O) groups excluding carboxylic acids is 2. The number of rotatable bonds is 15. The molecule has 0 aromatic heterocycles. The molecule has 0 aliphatic carbocycles. The largest absolute Gasteiger partial charge is 0.390 e. The Kier molecular flexibility index (Phi) is 12.2. The monoisotopic (exact) mass is 532 g/mol. The Balaban J connectivity index is 2.22. The first-order valence-electron chi connectivity index (χ1n) is 12.5. The van der Waals surface area contributed by atoms with Crippen LogP contribution in [-0.4, -0.2) is 87.0 Å². The predicted octanol–water partition coefficient (Wildman–Crippen LogP) is 1.49. The van der Waals surface area contributed by atoms with E-state index in [0.29, 0.717) is 12.8 Å². The minimum absolute atomic E-state index is 0.144. The maximum atomic E-state index is 13.4. The lowest BCUT2D eigenvalue weighted by Crippen LogP contribution is -2.52. The molecule has 0 spiro atoms. The summed E-state index contributed by atoms with van der Waals surface area (Å²) in [5.74, 6) is -0.503. The zero-order valence-corrected chi connectivity index (χ0v) is 22.9. The Morgan fingerprint density at radius 2 is 1.54 bits per heavy atom. The summed E-state index contributed by atoms with van der Waals surface area (Å²) in [5, 5.41) is 16.6. The number of hydrogen-bond acceptors (Lipinski definition) is 6. The molecule has 0 saturated heterocycles. The second-order valence-corrected chi connectivity index (χ2v) is 11.7. The number of amides is 2. The average molecular weight is 533 g/mol. The van der Waals surface area contributed by atoms with E-state index in [1.165, 1.54) is 16.4 Å². The quantitative estimate of drug-likeness (QED) is 0.320. The van der Waals surface area contributed by atoms with Gasteiger partial charge in [-0.25, -0.2) is 8.42 Å². The number of nitrogens with zero attached hydrogens (tertiary/aromatic N) is 2. The summed E-state index contributed by atoms with van der Waals surface area (Å²) < 4.78 is 28.1. The Hall–Kier alpha value is -2.79. The Morgan fingerprint density at radius 1 is 0.946 bits per heavy atom. The number of nitrogens with one attached hydrogen (secondary N) is 2. The van der Waals surface area contributed by atoms with Gasteiger partial charge in [-0.3, -0.25) is 9.59 Å². The Morgan fingerprint density at radius 3 is 2.11 bits per heavy atom. The molecular formula is C27H40N4O5S. The maximum absolute atomic E-state index is 13.4. The molecule has 0 unspecified atom stereocenters. The fourth-order valence-corrected chi connectivity index (χ4v) is 5.21. The summed E-state index contributed by atoms with van der Waals surface area (Å²) >= 11 is 0. The third-order valence-electron chi connectivity index (χ3n) is 5.74. The van der Waals surface area contributed by atoms with Gasteiger partial charge in [0.15, 0.2) is 0 Å². The van der Waals surface area contributed by atoms with Gasteiger partial charge in [-0.2, -0.15) is 4.31 Å². The second kappa shape index (κ2) is 14.8. The van der Waals surface area contributed by atoms with Gasteiger partial charge in [-0.15, -0.1) is 0 Å². The van der Waals surface area contributed by atoms with E-state index in [2.05, 4.69) is 10.6 Å². The van der Waals surface area contributed by atoms with E-state index in [1.807, 2.05) is 44.2 Å². The van der Waals surface area contributed by atoms with E-state index < -0.39 is 28.1 Å². The molecule has 0 heterocycles. The maximum Gasteiger partial charge on any atom is 0.243 e. The van der Waals surface area contributed by atoms with Gasteiger partial charge < -0.3 is 20.6 Å². The molecule has 2 aromatic rings. The molecule has 0 radical (unpaired) electrons. The van der Waals surface area contributed by atoms with Crippen LogP contribution in [0.15, 0.2) is 65.6 Å². The lowest BCUT2D eigenvalue weighted by Gasteiger charge is -2.30. The highest BCUT2D eigenvalue weighted by Crippen LogP contribution is 2.19. The van der Waals surface area contributed by atoms with Crippen LogP contribution in [0.5, 0.6) is 0 Å². The summed E-state index contributed by atoms with van der Waals surface area (Å²) in [6.07, 6.45) is -0.276. The highest BCUT2D eigenvalue weighted by molar-refractivity contribution is 7.89. The van der Waals surface area contributed by atoms with Crippen molar-refractivity contribution < 1.29 is 23.1 Å². The highest BCUT2D eigenvalue weighted by Gasteiger charge is 2.30. The van der Waals surface area contributed by atoms with Gasteiger partial charge in [0.25, 0.3) is 0 Å². The summed E-state index contributed by atoms with van der Waals surface area (Å²) in [5.41, 5.74) is 0.878. The first-order valence-corrected chi connectivity index (χ1v) is 13.9. The number of likely N-dealkylation sites (N-methyl/N-ethyl adjacent to an activating group) is 1. The average Bonchev–Trinajstić information content (AvgIpc) is 2.85. The minimum Gasteiger partial charge on any atom is -0.390 e. The van der Waals surface area contributed by atoms with E-state index in [9.17, 15) is 23.1 Å². The molecule has 2 amide bonds. The topological polar surface area (TPSA) is 119 Å². The van der Waals surface area contributed by atoms with Gasteiger partial charge in [0.1, 0.15) is 0 Å². The summed E-state index contributed by atoms with van der Waals surface area (Å²) in [4.78, 5) is 26.4. The number of hydrogen-bond donors (Lipinski definition) is 3. The van der Waals surface area contributed by atoms with Crippen molar-refractivity contribution in [3.63, 3.8) is 0 Å². The van der Waals surface area contributed by atoms with Gasteiger partial charge in [0.2, 0.25) is 21.8 Å². The van der Waals surface area contributed by atoms with Crippen LogP contribution in [0.25, 0.3) is 0 Å². The summed E-state index contributed by atoms with van der Waals surface area (Å²) in [6.45, 7) is 3.96. The van der Waals surface area contributed by atoms with Gasteiger partial charge in [-0.1, -0.05) is 62.4 Å². The summed E-state index contributed by atoms with van der Waals surface area (Å²) in [6, 6.07) is 16.7. The van der Waals surface area contributed by atoms with Crippen molar-refractivity contribution in [3.05, 3.63) is 66.2 Å². The van der Waals surface area contributed by atoms with E-state index in [0.717, 1.165) is 5.56 Å². The van der Waals surface area contributed by atoms with Crippen molar-refractivity contribution in [1.29, 1.82) is 0 Å². The third kappa shape index (κ3) is 10.6. The number of benzene rings is 2. The highest BCUT2D eigenvalue weighted by atomic mass is 32.2. The normalized spacial score (nSPS) is 13.5. The fraction of sp³-hybridized carbons (Fsp3) is 0.481. The number of sulfonamides is 1. The van der Waals surface area contributed by atoms with Crippen molar-refractivity contribution in [2.45, 2.75) is 43.7 Å². The second-order valence-electron chi connectivity index (χ2n) is 9.80. The molecule has 2 atom stereocenters. The van der Waals surface area contributed by atoms with E-state index in [1.54, 1.807) is 37.2 Å². The SMILES string of the molecule is CC(C)CCN(C[C@@H](O)[C@H](Cc1ccccc1)NC(=O)CNC(=O)CN(C)C)S(=O)(=O)c1ccccc1. The molecule has 2 aromatic carbocycles. The fourth-order valence-electron chi connectivity index (χ4n) is 3.72. The van der Waals surface area contributed by atoms with Crippen LogP contribution >= 0.6 is 0 Å². The smallest absolute Gasteiger partial charge is 0.243 e. The van der Waals surface area contributed by atoms with Crippen molar-refractivity contribution in [1.82, 2.24) is 19.8 Å². The van der Waals surface area contributed by atoms with E-state index >= 15 is 0 Å². The van der Waals surface area contributed by atoms with Crippen molar-refractivity contribution in [3.8, 4) is 0 Å². The van der Waals surface area contributed by atoms with E-state index in [4.69, 9.17) is 0 Å². The molecule has 0 fully saturated rings. The van der Waals surface area contributed by atoms with Gasteiger partial charge in [0.05, 0.1) is 30.1 Å². The van der Waals surface area contributed by atoms with Crippen molar-refractivity contribution >= 4 is 21.8 Å². The number of aliphatic hydroxyl groups is 1. The number of aliphatic hydroxyl groups excluding tert-OH is 1. The molecule has 0 aliphatic heterocycles. The van der Waals surface area contributed by atoms with Crippen LogP contribution in [0.3, 0.4) is 0 Å².